The van der Waals surface area contributed by atoms with Gasteiger partial charge in [0.1, 0.15) is 0 Å². The van der Waals surface area contributed by atoms with Gasteiger partial charge in [0, 0.05) is 25.2 Å². The number of ether oxygens (including phenoxy) is 1. The SMILES string of the molecule is CC(=O)c1cccc(S(=O)(=O)NC(CN2CCOCC2)c2ccccc2)c1.Cl. The second-order valence-corrected chi connectivity index (χ2v) is 8.30. The van der Waals surface area contributed by atoms with Crippen LogP contribution in [-0.2, 0) is 14.8 Å². The molecule has 1 fully saturated rings. The van der Waals surface area contributed by atoms with Crippen LogP contribution < -0.4 is 4.72 Å². The molecule has 1 N–H and O–H groups in total. The molecular weight excluding hydrogens is 400 g/mol. The zero-order valence-electron chi connectivity index (χ0n) is 15.7. The van der Waals surface area contributed by atoms with E-state index in [1.165, 1.54) is 19.1 Å². The molecule has 2 aromatic rings. The molecule has 0 spiro atoms. The number of nitrogens with one attached hydrogen (secondary N) is 1. The van der Waals surface area contributed by atoms with Gasteiger partial charge in [0.2, 0.25) is 10.0 Å². The molecule has 0 amide bonds. The Morgan fingerprint density at radius 3 is 2.43 bits per heavy atom. The number of hydrogen-bond acceptors (Lipinski definition) is 5. The first-order chi connectivity index (χ1) is 13.0. The Labute approximate surface area is 172 Å². The monoisotopic (exact) mass is 424 g/mol. The maximum atomic E-state index is 13.0. The van der Waals surface area contributed by atoms with Crippen molar-refractivity contribution >= 4 is 28.2 Å². The van der Waals surface area contributed by atoms with Crippen molar-refractivity contribution in [3.63, 3.8) is 0 Å². The summed E-state index contributed by atoms with van der Waals surface area (Å²) >= 11 is 0. The Morgan fingerprint density at radius 1 is 1.11 bits per heavy atom. The Bertz CT molecular complexity index is 884. The molecule has 0 aromatic heterocycles. The molecule has 1 saturated heterocycles. The van der Waals surface area contributed by atoms with Crippen molar-refractivity contribution in [2.45, 2.75) is 17.9 Å². The highest BCUT2D eigenvalue weighted by Crippen LogP contribution is 2.20. The van der Waals surface area contributed by atoms with Crippen molar-refractivity contribution in [2.75, 3.05) is 32.8 Å². The number of nitrogens with zero attached hydrogens (tertiary/aromatic N) is 1. The van der Waals surface area contributed by atoms with E-state index in [-0.39, 0.29) is 23.1 Å². The van der Waals surface area contributed by atoms with E-state index in [0.29, 0.717) is 25.3 Å². The normalized spacial score (nSPS) is 16.2. The summed E-state index contributed by atoms with van der Waals surface area (Å²) in [5.74, 6) is -0.167. The van der Waals surface area contributed by atoms with Crippen LogP contribution in [0.25, 0.3) is 0 Å². The van der Waals surface area contributed by atoms with Crippen molar-refractivity contribution in [2.24, 2.45) is 0 Å². The third-order valence-corrected chi connectivity index (χ3v) is 6.06. The lowest BCUT2D eigenvalue weighted by atomic mass is 10.1. The summed E-state index contributed by atoms with van der Waals surface area (Å²) in [5, 5.41) is 0. The molecule has 1 atom stereocenters. The summed E-state index contributed by atoms with van der Waals surface area (Å²) < 4.78 is 34.1. The third-order valence-electron chi connectivity index (χ3n) is 4.59. The molecule has 6 nitrogen and oxygen atoms in total. The number of ketones is 1. The van der Waals surface area contributed by atoms with E-state index in [9.17, 15) is 13.2 Å². The largest absolute Gasteiger partial charge is 0.379 e. The number of halogens is 1. The summed E-state index contributed by atoms with van der Waals surface area (Å²) in [6.45, 7) is 4.81. The molecule has 0 saturated carbocycles. The fraction of sp³-hybridized carbons (Fsp3) is 0.350. The Balaban J connectivity index is 0.00000280. The van der Waals surface area contributed by atoms with Crippen LogP contribution in [0, 0.1) is 0 Å². The second kappa shape index (κ2) is 10.1. The Morgan fingerprint density at radius 2 is 1.79 bits per heavy atom. The maximum Gasteiger partial charge on any atom is 0.241 e. The van der Waals surface area contributed by atoms with Crippen molar-refractivity contribution in [1.82, 2.24) is 9.62 Å². The quantitative estimate of drug-likeness (QED) is 0.691. The van der Waals surface area contributed by atoms with Crippen molar-refractivity contribution in [3.05, 3.63) is 65.7 Å². The minimum Gasteiger partial charge on any atom is -0.379 e. The topological polar surface area (TPSA) is 75.7 Å². The van der Waals surface area contributed by atoms with Gasteiger partial charge in [-0.3, -0.25) is 9.69 Å². The number of rotatable bonds is 7. The number of benzene rings is 2. The number of sulfonamides is 1. The van der Waals surface area contributed by atoms with Crippen LogP contribution in [0.4, 0.5) is 0 Å². The van der Waals surface area contributed by atoms with Crippen LogP contribution >= 0.6 is 12.4 Å². The van der Waals surface area contributed by atoms with Gasteiger partial charge in [-0.15, -0.1) is 12.4 Å². The molecule has 1 aliphatic heterocycles. The highest BCUT2D eigenvalue weighted by molar-refractivity contribution is 7.89. The number of carbonyl (C=O) groups excluding carboxylic acids is 1. The molecule has 1 heterocycles. The zero-order valence-corrected chi connectivity index (χ0v) is 17.3. The fourth-order valence-corrected chi connectivity index (χ4v) is 4.34. The first-order valence-electron chi connectivity index (χ1n) is 8.94. The molecule has 1 aliphatic rings. The number of Topliss-reactive ketones (excluding diaryl/α,β-unsaturated/α-hetero) is 1. The van der Waals surface area contributed by atoms with Crippen molar-refractivity contribution in [1.29, 1.82) is 0 Å². The predicted octanol–water partition coefficient (Wildman–Crippen LogP) is 2.66. The van der Waals surface area contributed by atoms with Crippen LogP contribution in [0.5, 0.6) is 0 Å². The van der Waals surface area contributed by atoms with Crippen LogP contribution in [0.15, 0.2) is 59.5 Å². The maximum absolute atomic E-state index is 13.0. The molecule has 0 radical (unpaired) electrons. The number of morpholine rings is 1. The smallest absolute Gasteiger partial charge is 0.241 e. The van der Waals surface area contributed by atoms with Gasteiger partial charge in [-0.25, -0.2) is 13.1 Å². The van der Waals surface area contributed by atoms with E-state index in [4.69, 9.17) is 4.74 Å². The lowest BCUT2D eigenvalue weighted by Crippen LogP contribution is -2.43. The molecule has 28 heavy (non-hydrogen) atoms. The molecule has 2 aromatic carbocycles. The average molecular weight is 425 g/mol. The van der Waals surface area contributed by atoms with Gasteiger partial charge < -0.3 is 4.74 Å². The minimum absolute atomic E-state index is 0. The van der Waals surface area contributed by atoms with Crippen molar-refractivity contribution in [3.8, 4) is 0 Å². The zero-order chi connectivity index (χ0) is 19.3. The van der Waals surface area contributed by atoms with Gasteiger partial charge in [0.25, 0.3) is 0 Å². The van der Waals surface area contributed by atoms with Crippen LogP contribution in [0.1, 0.15) is 28.9 Å². The second-order valence-electron chi connectivity index (χ2n) is 6.58. The minimum atomic E-state index is -3.77. The van der Waals surface area contributed by atoms with E-state index in [1.54, 1.807) is 12.1 Å². The van der Waals surface area contributed by atoms with Crippen LogP contribution in [-0.4, -0.2) is 51.9 Å². The summed E-state index contributed by atoms with van der Waals surface area (Å²) in [6, 6.07) is 15.3. The lowest BCUT2D eigenvalue weighted by molar-refractivity contribution is 0.0345. The molecule has 152 valence electrons. The van der Waals surface area contributed by atoms with Gasteiger partial charge in [0.05, 0.1) is 24.2 Å². The standard InChI is InChI=1S/C20H24N2O4S.ClH/c1-16(23)18-8-5-9-19(14-18)27(24,25)21-20(17-6-3-2-4-7-17)15-22-10-12-26-13-11-22;/h2-9,14,20-21H,10-13,15H2,1H3;1H. The molecule has 0 aliphatic carbocycles. The molecule has 0 bridgehead atoms. The number of carbonyl (C=O) groups is 1. The van der Waals surface area contributed by atoms with Gasteiger partial charge in [0.15, 0.2) is 5.78 Å². The molecule has 1 unspecified atom stereocenters. The van der Waals surface area contributed by atoms with Gasteiger partial charge in [-0.2, -0.15) is 0 Å². The average Bonchev–Trinajstić information content (AvgIpc) is 2.69. The highest BCUT2D eigenvalue weighted by Gasteiger charge is 2.24. The first kappa shape index (κ1) is 22.5. The first-order valence-corrected chi connectivity index (χ1v) is 10.4. The fourth-order valence-electron chi connectivity index (χ4n) is 3.08. The molecule has 8 heteroatoms. The summed E-state index contributed by atoms with van der Waals surface area (Å²) in [4.78, 5) is 13.9. The van der Waals surface area contributed by atoms with E-state index in [0.717, 1.165) is 18.7 Å². The molecule has 3 rings (SSSR count). The van der Waals surface area contributed by atoms with Crippen LogP contribution in [0.2, 0.25) is 0 Å². The summed E-state index contributed by atoms with van der Waals surface area (Å²) in [6.07, 6.45) is 0. The van der Waals surface area contributed by atoms with Crippen LogP contribution in [0.3, 0.4) is 0 Å². The van der Waals surface area contributed by atoms with E-state index < -0.39 is 16.1 Å². The van der Waals surface area contributed by atoms with Crippen molar-refractivity contribution < 1.29 is 17.9 Å². The highest BCUT2D eigenvalue weighted by atomic mass is 35.5. The van der Waals surface area contributed by atoms with Gasteiger partial charge in [-0.05, 0) is 24.6 Å². The summed E-state index contributed by atoms with van der Waals surface area (Å²) in [7, 11) is -3.77. The Kier molecular flexibility index (Phi) is 8.15. The number of hydrogen-bond donors (Lipinski definition) is 1. The third kappa shape index (κ3) is 5.86. The predicted molar refractivity (Wildman–Crippen MR) is 110 cm³/mol. The van der Waals surface area contributed by atoms with E-state index in [2.05, 4.69) is 9.62 Å². The van der Waals surface area contributed by atoms with E-state index >= 15 is 0 Å². The summed E-state index contributed by atoms with van der Waals surface area (Å²) in [5.41, 5.74) is 1.28. The van der Waals surface area contributed by atoms with Gasteiger partial charge >= 0.3 is 0 Å². The van der Waals surface area contributed by atoms with Gasteiger partial charge in [-0.1, -0.05) is 42.5 Å². The lowest BCUT2D eigenvalue weighted by Gasteiger charge is -2.31. The Hall–Kier alpha value is -1.77. The molecular formula is C20H25ClN2O4S. The van der Waals surface area contributed by atoms with E-state index in [1.807, 2.05) is 30.3 Å².